The van der Waals surface area contributed by atoms with E-state index in [1.807, 2.05) is 43.4 Å². The van der Waals surface area contributed by atoms with Crippen LogP contribution in [-0.4, -0.2) is 57.3 Å². The van der Waals surface area contributed by atoms with Crippen molar-refractivity contribution in [2.45, 2.75) is 19.4 Å². The lowest BCUT2D eigenvalue weighted by molar-refractivity contribution is -0.125. The molecule has 0 spiro atoms. The summed E-state index contributed by atoms with van der Waals surface area (Å²) in [6.07, 6.45) is 5.00. The molecule has 2 heterocycles. The molecule has 0 bridgehead atoms. The normalized spacial score (nSPS) is 14.4. The van der Waals surface area contributed by atoms with Crippen molar-refractivity contribution in [2.24, 2.45) is 5.92 Å². The molecule has 1 fully saturated rings. The Morgan fingerprint density at radius 1 is 1.24 bits per heavy atom. The number of aromatic nitrogens is 2. The van der Waals surface area contributed by atoms with Gasteiger partial charge in [-0.25, -0.2) is 9.97 Å². The number of anilines is 2. The number of hydrogen-bond acceptors (Lipinski definition) is 7. The summed E-state index contributed by atoms with van der Waals surface area (Å²) in [7, 11) is 7.15. The topological polar surface area (TPSA) is 79.8 Å². The van der Waals surface area contributed by atoms with Crippen molar-refractivity contribution in [3.63, 3.8) is 0 Å². The Balaban J connectivity index is 1.58. The molecule has 29 heavy (non-hydrogen) atoms. The zero-order valence-corrected chi connectivity index (χ0v) is 17.5. The lowest BCUT2D eigenvalue weighted by Gasteiger charge is -2.34. The quantitative estimate of drug-likeness (QED) is 0.764. The Bertz CT molecular complexity index is 835. The summed E-state index contributed by atoms with van der Waals surface area (Å²) in [4.78, 5) is 25.5. The molecule has 0 saturated carbocycles. The van der Waals surface area contributed by atoms with Gasteiger partial charge in [0.05, 0.1) is 26.1 Å². The number of nitrogens with zero attached hydrogens (tertiary/aromatic N) is 4. The minimum Gasteiger partial charge on any atom is -0.493 e. The number of ether oxygens (including phenoxy) is 2. The van der Waals surface area contributed by atoms with Gasteiger partial charge in [-0.05, 0) is 18.9 Å². The van der Waals surface area contributed by atoms with E-state index in [0.29, 0.717) is 18.0 Å². The molecule has 8 nitrogen and oxygen atoms in total. The van der Waals surface area contributed by atoms with Crippen LogP contribution in [0.2, 0.25) is 0 Å². The first-order chi connectivity index (χ1) is 14.0. The highest BCUT2D eigenvalue weighted by molar-refractivity contribution is 5.79. The van der Waals surface area contributed by atoms with Crippen LogP contribution in [0.3, 0.4) is 0 Å². The molecule has 156 valence electrons. The van der Waals surface area contributed by atoms with E-state index in [1.165, 1.54) is 0 Å². The molecule has 1 amide bonds. The van der Waals surface area contributed by atoms with E-state index in [1.54, 1.807) is 20.5 Å². The summed E-state index contributed by atoms with van der Waals surface area (Å²) >= 11 is 0. The largest absolute Gasteiger partial charge is 0.493 e. The van der Waals surface area contributed by atoms with Crippen LogP contribution >= 0.6 is 0 Å². The van der Waals surface area contributed by atoms with Crippen LogP contribution in [-0.2, 0) is 11.3 Å². The third-order valence-electron chi connectivity index (χ3n) is 5.24. The number of benzene rings is 1. The number of piperidine rings is 1. The van der Waals surface area contributed by atoms with E-state index in [4.69, 9.17) is 9.47 Å². The molecule has 0 aliphatic carbocycles. The highest BCUT2D eigenvalue weighted by Crippen LogP contribution is 2.31. The average molecular weight is 399 g/mol. The molecule has 0 radical (unpaired) electrons. The first-order valence-corrected chi connectivity index (χ1v) is 9.75. The van der Waals surface area contributed by atoms with Gasteiger partial charge in [0.25, 0.3) is 0 Å². The Hall–Kier alpha value is -3.03. The lowest BCUT2D eigenvalue weighted by atomic mass is 9.95. The number of carbonyl (C=O) groups excluding carboxylic acids is 1. The van der Waals surface area contributed by atoms with Crippen LogP contribution in [0.25, 0.3) is 0 Å². The molecular weight excluding hydrogens is 370 g/mol. The fourth-order valence-corrected chi connectivity index (χ4v) is 3.69. The number of para-hydroxylation sites is 1. The van der Waals surface area contributed by atoms with Gasteiger partial charge in [-0.2, -0.15) is 0 Å². The van der Waals surface area contributed by atoms with Crippen molar-refractivity contribution < 1.29 is 14.3 Å². The van der Waals surface area contributed by atoms with Crippen molar-refractivity contribution >= 4 is 17.4 Å². The molecule has 1 N–H and O–H groups in total. The summed E-state index contributed by atoms with van der Waals surface area (Å²) < 4.78 is 10.8. The Morgan fingerprint density at radius 3 is 2.66 bits per heavy atom. The molecule has 3 rings (SSSR count). The van der Waals surface area contributed by atoms with Gasteiger partial charge in [-0.1, -0.05) is 12.1 Å². The Morgan fingerprint density at radius 2 is 2.00 bits per heavy atom. The SMILES string of the molecule is COc1cccc(CNC(=O)C2CCN(c3cncnc3N(C)C)CC2)c1OC. The van der Waals surface area contributed by atoms with Crippen LogP contribution < -0.4 is 24.6 Å². The summed E-state index contributed by atoms with van der Waals surface area (Å²) in [6.45, 7) is 2.01. The maximum atomic E-state index is 12.7. The smallest absolute Gasteiger partial charge is 0.223 e. The summed E-state index contributed by atoms with van der Waals surface area (Å²) in [5.74, 6) is 2.29. The number of methoxy groups -OCH3 is 2. The molecule has 8 heteroatoms. The minimum atomic E-state index is -0.00436. The Labute approximate surface area is 171 Å². The number of nitrogens with one attached hydrogen (secondary N) is 1. The molecule has 1 aromatic carbocycles. The predicted molar refractivity (Wildman–Crippen MR) is 113 cm³/mol. The second-order valence-corrected chi connectivity index (χ2v) is 7.26. The van der Waals surface area contributed by atoms with E-state index in [0.717, 1.165) is 43.0 Å². The number of amides is 1. The third kappa shape index (κ3) is 4.70. The van der Waals surface area contributed by atoms with Gasteiger partial charge in [0.2, 0.25) is 5.91 Å². The minimum absolute atomic E-state index is 0.00436. The first-order valence-electron chi connectivity index (χ1n) is 9.75. The lowest BCUT2D eigenvalue weighted by Crippen LogP contribution is -2.41. The molecule has 1 aliphatic rings. The monoisotopic (exact) mass is 399 g/mol. The number of hydrogen-bond donors (Lipinski definition) is 1. The van der Waals surface area contributed by atoms with Gasteiger partial charge in [-0.3, -0.25) is 4.79 Å². The van der Waals surface area contributed by atoms with Crippen LogP contribution in [0, 0.1) is 5.92 Å². The van der Waals surface area contributed by atoms with Gasteiger partial charge < -0.3 is 24.6 Å². The standard InChI is InChI=1S/C21H29N5O3/c1-25(2)20-17(13-22-14-24-20)26-10-8-15(9-11-26)21(27)23-12-16-6-5-7-18(28-3)19(16)29-4/h5-7,13-15H,8-12H2,1-4H3,(H,23,27). The van der Waals surface area contributed by atoms with Crippen LogP contribution in [0.4, 0.5) is 11.5 Å². The molecule has 1 saturated heterocycles. The van der Waals surface area contributed by atoms with E-state index < -0.39 is 0 Å². The number of rotatable bonds is 7. The van der Waals surface area contributed by atoms with Crippen molar-refractivity contribution in [1.82, 2.24) is 15.3 Å². The fraction of sp³-hybridized carbons (Fsp3) is 0.476. The van der Waals surface area contributed by atoms with Gasteiger partial charge in [-0.15, -0.1) is 0 Å². The molecule has 1 aromatic heterocycles. The zero-order chi connectivity index (χ0) is 20.8. The number of carbonyl (C=O) groups is 1. The summed E-state index contributed by atoms with van der Waals surface area (Å²) in [5.41, 5.74) is 1.91. The molecular formula is C21H29N5O3. The molecule has 0 atom stereocenters. The van der Waals surface area contributed by atoms with Gasteiger partial charge >= 0.3 is 0 Å². The predicted octanol–water partition coefficient (Wildman–Crippen LogP) is 2.09. The maximum Gasteiger partial charge on any atom is 0.223 e. The second kappa shape index (κ2) is 9.45. The average Bonchev–Trinajstić information content (AvgIpc) is 2.77. The third-order valence-corrected chi connectivity index (χ3v) is 5.24. The van der Waals surface area contributed by atoms with Crippen LogP contribution in [0.5, 0.6) is 11.5 Å². The zero-order valence-electron chi connectivity index (χ0n) is 17.5. The van der Waals surface area contributed by atoms with E-state index in [2.05, 4.69) is 20.2 Å². The van der Waals surface area contributed by atoms with Gasteiger partial charge in [0.15, 0.2) is 17.3 Å². The molecule has 0 unspecified atom stereocenters. The van der Waals surface area contributed by atoms with E-state index in [9.17, 15) is 4.79 Å². The van der Waals surface area contributed by atoms with Crippen molar-refractivity contribution in [1.29, 1.82) is 0 Å². The van der Waals surface area contributed by atoms with Gasteiger partial charge in [0.1, 0.15) is 6.33 Å². The van der Waals surface area contributed by atoms with Crippen molar-refractivity contribution in [3.8, 4) is 11.5 Å². The highest BCUT2D eigenvalue weighted by Gasteiger charge is 2.27. The molecule has 1 aliphatic heterocycles. The van der Waals surface area contributed by atoms with E-state index in [-0.39, 0.29) is 11.8 Å². The fourth-order valence-electron chi connectivity index (χ4n) is 3.69. The first kappa shape index (κ1) is 20.7. The van der Waals surface area contributed by atoms with Crippen LogP contribution in [0.1, 0.15) is 18.4 Å². The van der Waals surface area contributed by atoms with Crippen molar-refractivity contribution in [2.75, 3.05) is 51.2 Å². The van der Waals surface area contributed by atoms with Crippen LogP contribution in [0.15, 0.2) is 30.7 Å². The van der Waals surface area contributed by atoms with Gasteiger partial charge in [0, 0.05) is 45.2 Å². The summed E-state index contributed by atoms with van der Waals surface area (Å²) in [6, 6.07) is 5.67. The second-order valence-electron chi connectivity index (χ2n) is 7.26. The van der Waals surface area contributed by atoms with E-state index >= 15 is 0 Å². The maximum absolute atomic E-state index is 12.7. The highest BCUT2D eigenvalue weighted by atomic mass is 16.5. The summed E-state index contributed by atoms with van der Waals surface area (Å²) in [5, 5.41) is 3.05. The molecule has 2 aromatic rings. The van der Waals surface area contributed by atoms with Crippen molar-refractivity contribution in [3.05, 3.63) is 36.3 Å². The Kier molecular flexibility index (Phi) is 6.74.